The Kier molecular flexibility index (Phi) is 137. The maximum absolute atomic E-state index is 0. The van der Waals surface area contributed by atoms with E-state index in [1.54, 1.807) is 0 Å². The van der Waals surface area contributed by atoms with Crippen LogP contribution in [0.25, 0.3) is 0 Å². The zero-order valence-electron chi connectivity index (χ0n) is 1.80. The molecule has 4 heavy (non-hydrogen) atoms. The van der Waals surface area contributed by atoms with Crippen molar-refractivity contribution in [2.45, 2.75) is 0 Å². The molecule has 0 unspecified atom stereocenters. The van der Waals surface area contributed by atoms with Gasteiger partial charge in [0.25, 0.3) is 0 Å². The van der Waals surface area contributed by atoms with Crippen LogP contribution < -0.4 is 0 Å². The fraction of sp³-hybridized carbons (Fsp3) is 0. The fourth-order valence-corrected chi connectivity index (χ4v) is 0. The van der Waals surface area contributed by atoms with Gasteiger partial charge in [-0.3, -0.25) is 0 Å². The van der Waals surface area contributed by atoms with Crippen molar-refractivity contribution in [2.75, 3.05) is 0 Å². The van der Waals surface area contributed by atoms with Crippen molar-refractivity contribution in [3.8, 4) is 0 Å². The van der Waals surface area contributed by atoms with E-state index in [-0.39, 0.29) is 83.7 Å². The summed E-state index contributed by atoms with van der Waals surface area (Å²) in [5.41, 5.74) is 0. The van der Waals surface area contributed by atoms with Crippen molar-refractivity contribution in [1.82, 2.24) is 0 Å². The molecule has 0 heterocycles. The molecule has 0 amide bonds. The molecule has 1 radical (unpaired) electrons. The Labute approximate surface area is 82.3 Å². The van der Waals surface area contributed by atoms with Gasteiger partial charge in [0.05, 0.1) is 0 Å². The summed E-state index contributed by atoms with van der Waals surface area (Å²) in [5, 5.41) is 0. The van der Waals surface area contributed by atoms with E-state index >= 15 is 0 Å². The van der Waals surface area contributed by atoms with Crippen LogP contribution in [-0.2, 0) is 32.7 Å². The Morgan fingerprint density at radius 3 is 0.500 bits per heavy atom. The molecule has 0 aromatic carbocycles. The monoisotopic (exact) mass is 329 g/mol. The van der Waals surface area contributed by atoms with Crippen LogP contribution >= 0.6 is 50.9 Å². The Hall–Kier alpha value is 2.54. The van der Waals surface area contributed by atoms with Gasteiger partial charge in [-0.25, -0.2) is 0 Å². The molecule has 0 atom stereocenters. The van der Waals surface area contributed by atoms with E-state index in [0.717, 1.165) is 0 Å². The Morgan fingerprint density at radius 1 is 0.500 bits per heavy atom. The van der Waals surface area contributed by atoms with Gasteiger partial charge in [-0.05, 0) is 0 Å². The molecule has 0 aliphatic rings. The first-order valence-electron chi connectivity index (χ1n) is 0. The molecule has 0 aromatic heterocycles. The van der Waals surface area contributed by atoms with Gasteiger partial charge in [0.2, 0.25) is 0 Å². The topological polar surface area (TPSA) is 0 Å². The minimum absolute atomic E-state index is 0. The third-order valence-corrected chi connectivity index (χ3v) is 0. The van der Waals surface area contributed by atoms with Crippen molar-refractivity contribution < 1.29 is 32.7 Å². The predicted octanol–water partition coefficient (Wildman–Crippen LogP) is 1.73. The Balaban J connectivity index is 0. The Morgan fingerprint density at radius 2 is 0.500 bits per heavy atom. The molecule has 0 saturated heterocycles. The summed E-state index contributed by atoms with van der Waals surface area (Å²) >= 11 is 0. The first-order valence-corrected chi connectivity index (χ1v) is 0. The van der Waals surface area contributed by atoms with Crippen LogP contribution in [0.5, 0.6) is 0 Å². The molecule has 0 rings (SSSR count). The summed E-state index contributed by atoms with van der Waals surface area (Å²) < 4.78 is 0. The van der Waals surface area contributed by atoms with E-state index in [1.807, 2.05) is 0 Å². The number of halogens is 3. The molecule has 0 spiro atoms. The van der Waals surface area contributed by atoms with Gasteiger partial charge < -0.3 is 0 Å². The zero-order chi connectivity index (χ0) is 0. The minimum atomic E-state index is 0. The van der Waals surface area contributed by atoms with Crippen LogP contribution in [0.3, 0.4) is 0 Å². The van der Waals surface area contributed by atoms with Gasteiger partial charge in [0, 0.05) is 32.7 Å². The van der Waals surface area contributed by atoms with Gasteiger partial charge in [0.1, 0.15) is 0 Å². The summed E-state index contributed by atoms with van der Waals surface area (Å²) in [4.78, 5) is 0. The molecule has 0 aliphatic carbocycles. The standard InChI is InChI=1S/3BrH.Y/h3*1H;. The Bertz CT molecular complexity index is 3.25. The van der Waals surface area contributed by atoms with Crippen molar-refractivity contribution in [3.05, 3.63) is 0 Å². The average Bonchev–Trinajstić information content (AvgIpc) is 0. The number of rotatable bonds is 0. The van der Waals surface area contributed by atoms with Gasteiger partial charge in [-0.2, -0.15) is 0 Å². The molecular weight excluding hydrogens is 329 g/mol. The second kappa shape index (κ2) is 17.7. The minimum Gasteiger partial charge on any atom is -0.114 e. The zero-order valence-corrected chi connectivity index (χ0v) is 9.78. The molecule has 0 nitrogen and oxygen atoms in total. The van der Waals surface area contributed by atoms with Crippen LogP contribution in [0.1, 0.15) is 0 Å². The van der Waals surface area contributed by atoms with Crippen molar-refractivity contribution in [2.24, 2.45) is 0 Å². The second-order valence-corrected chi connectivity index (χ2v) is 0. The summed E-state index contributed by atoms with van der Waals surface area (Å²) in [7, 11) is 0. The molecule has 0 aliphatic heterocycles. The van der Waals surface area contributed by atoms with Gasteiger partial charge in [-0.15, -0.1) is 50.9 Å². The molecule has 0 aromatic rings. The van der Waals surface area contributed by atoms with Crippen LogP contribution in [0, 0.1) is 0 Å². The molecule has 4 heteroatoms. The van der Waals surface area contributed by atoms with Gasteiger partial charge in [0.15, 0.2) is 0 Å². The summed E-state index contributed by atoms with van der Waals surface area (Å²) in [6, 6.07) is 0. The van der Waals surface area contributed by atoms with E-state index in [1.165, 1.54) is 0 Å². The second-order valence-electron chi connectivity index (χ2n) is 0. The predicted molar refractivity (Wildman–Crippen MR) is 31.0 cm³/mol. The van der Waals surface area contributed by atoms with Crippen LogP contribution in [0.4, 0.5) is 0 Å². The van der Waals surface area contributed by atoms with E-state index in [9.17, 15) is 0 Å². The molecule has 0 bridgehead atoms. The average molecular weight is 332 g/mol. The normalized spacial score (nSPS) is 0. The van der Waals surface area contributed by atoms with E-state index in [0.29, 0.717) is 0 Å². The number of hydrogen-bond donors (Lipinski definition) is 0. The molecule has 27 valence electrons. The largest absolute Gasteiger partial charge is 0.114 e. The van der Waals surface area contributed by atoms with Crippen molar-refractivity contribution in [3.63, 3.8) is 0 Å². The molecule has 0 saturated carbocycles. The smallest absolute Gasteiger partial charge is 0 e. The first-order chi connectivity index (χ1) is 0. The van der Waals surface area contributed by atoms with E-state index in [4.69, 9.17) is 0 Å². The third-order valence-electron chi connectivity index (χ3n) is 0. The van der Waals surface area contributed by atoms with Crippen LogP contribution in [-0.4, -0.2) is 0 Å². The van der Waals surface area contributed by atoms with Crippen LogP contribution in [0.2, 0.25) is 0 Å². The third kappa shape index (κ3) is 8.82. The van der Waals surface area contributed by atoms with E-state index < -0.39 is 0 Å². The van der Waals surface area contributed by atoms with Crippen molar-refractivity contribution in [1.29, 1.82) is 0 Å². The van der Waals surface area contributed by atoms with Crippen molar-refractivity contribution >= 4 is 50.9 Å². The molecule has 0 fully saturated rings. The number of hydrogen-bond acceptors (Lipinski definition) is 0. The maximum Gasteiger partial charge on any atom is 0 e. The quantitative estimate of drug-likeness (QED) is 0.634. The summed E-state index contributed by atoms with van der Waals surface area (Å²) in [6.45, 7) is 0. The fourth-order valence-electron chi connectivity index (χ4n) is 0. The first kappa shape index (κ1) is 31.1. The van der Waals surface area contributed by atoms with Gasteiger partial charge in [-0.1, -0.05) is 0 Å². The molecular formula is H3Br3Y. The van der Waals surface area contributed by atoms with E-state index in [2.05, 4.69) is 0 Å². The maximum atomic E-state index is 0. The SMILES string of the molecule is Br.Br.Br.[Y]. The van der Waals surface area contributed by atoms with Gasteiger partial charge >= 0.3 is 0 Å². The summed E-state index contributed by atoms with van der Waals surface area (Å²) in [5.74, 6) is 0. The van der Waals surface area contributed by atoms with Crippen LogP contribution in [0.15, 0.2) is 0 Å². The molecule has 0 N–H and O–H groups in total. The summed E-state index contributed by atoms with van der Waals surface area (Å²) in [6.07, 6.45) is 0.